The van der Waals surface area contributed by atoms with Gasteiger partial charge in [0.05, 0.1) is 6.04 Å². The molecule has 4 aromatic rings. The Morgan fingerprint density at radius 2 is 1.12 bits per heavy atom. The van der Waals surface area contributed by atoms with E-state index in [2.05, 4.69) is 4.99 Å². The maximum atomic E-state index is 13.3. The van der Waals surface area contributed by atoms with Gasteiger partial charge >= 0.3 is 0 Å². The van der Waals surface area contributed by atoms with Crippen LogP contribution < -0.4 is 28.7 Å². The van der Waals surface area contributed by atoms with Gasteiger partial charge in [-0.2, -0.15) is 0 Å². The largest absolute Gasteiger partial charge is 0.398 e. The Balaban J connectivity index is 1.46. The highest BCUT2D eigenvalue weighted by molar-refractivity contribution is 6.03. The summed E-state index contributed by atoms with van der Waals surface area (Å²) >= 11 is 0. The van der Waals surface area contributed by atoms with E-state index < -0.39 is 12.1 Å². The minimum absolute atomic E-state index is 0.157. The summed E-state index contributed by atoms with van der Waals surface area (Å²) in [5, 5.41) is 0. The summed E-state index contributed by atoms with van der Waals surface area (Å²) in [6, 6.07) is 27.9. The lowest BCUT2D eigenvalue weighted by atomic mass is 9.96. The van der Waals surface area contributed by atoms with Crippen molar-refractivity contribution in [2.45, 2.75) is 24.9 Å². The van der Waals surface area contributed by atoms with Gasteiger partial charge in [-0.15, -0.1) is 0 Å². The summed E-state index contributed by atoms with van der Waals surface area (Å²) in [6.07, 6.45) is 4.40. The molecule has 0 fully saturated rings. The maximum absolute atomic E-state index is 13.3. The first-order chi connectivity index (χ1) is 19.7. The molecule has 0 bridgehead atoms. The predicted molar refractivity (Wildman–Crippen MR) is 167 cm³/mol. The fraction of sp³-hybridized carbons (Fsp3) is 0.121. The number of carbonyl (C=O) groups excluding carboxylic acids is 2. The van der Waals surface area contributed by atoms with Crippen molar-refractivity contribution in [3.63, 3.8) is 0 Å². The molecule has 0 heterocycles. The van der Waals surface area contributed by atoms with Crippen molar-refractivity contribution >= 4 is 41.1 Å². The zero-order valence-corrected chi connectivity index (χ0v) is 22.6. The lowest BCUT2D eigenvalue weighted by molar-refractivity contribution is 0.0954. The first kappa shape index (κ1) is 28.8. The number of rotatable bonds is 11. The lowest BCUT2D eigenvalue weighted by Crippen LogP contribution is -2.32. The van der Waals surface area contributed by atoms with Crippen LogP contribution in [0.15, 0.2) is 102 Å². The van der Waals surface area contributed by atoms with Gasteiger partial charge in [0.15, 0.2) is 17.5 Å². The van der Waals surface area contributed by atoms with Crippen LogP contribution in [0.3, 0.4) is 0 Å². The number of nitrogen functional groups attached to an aromatic ring is 2. The molecule has 2 atom stereocenters. The zero-order chi connectivity index (χ0) is 29.4. The third-order valence-electron chi connectivity index (χ3n) is 6.70. The molecule has 2 unspecified atom stereocenters. The standard InChI is InChI=1S/C33H34N6O2/c34-27-19-25(31(40)29(36)17-21-7-3-1-4-8-21)15-13-23(27)11-12-24-14-16-26(20-28(24)35)32(41)30(39-33(37)38)18-22-9-5-2-6-10-22/h1-16,19-20,29-30H,17-18,34-36H2,(H4,37,38,39)/b12-11+. The Hall–Kier alpha value is -5.21. The fourth-order valence-corrected chi connectivity index (χ4v) is 4.52. The van der Waals surface area contributed by atoms with E-state index in [4.69, 9.17) is 28.7 Å². The molecule has 4 aromatic carbocycles. The molecular formula is C33H34N6O2. The molecule has 8 nitrogen and oxygen atoms in total. The second kappa shape index (κ2) is 13.2. The van der Waals surface area contributed by atoms with Crippen molar-refractivity contribution in [2.75, 3.05) is 11.5 Å². The molecule has 8 heteroatoms. The van der Waals surface area contributed by atoms with Crippen LogP contribution in [0.1, 0.15) is 43.0 Å². The van der Waals surface area contributed by atoms with Crippen LogP contribution >= 0.6 is 0 Å². The van der Waals surface area contributed by atoms with Gasteiger partial charge in [0, 0.05) is 28.9 Å². The van der Waals surface area contributed by atoms with Crippen molar-refractivity contribution in [3.8, 4) is 0 Å². The summed E-state index contributed by atoms with van der Waals surface area (Å²) in [7, 11) is 0. The molecule has 208 valence electrons. The van der Waals surface area contributed by atoms with E-state index in [-0.39, 0.29) is 17.5 Å². The Labute approximate surface area is 239 Å². The number of nitrogens with two attached hydrogens (primary N) is 5. The molecule has 0 amide bonds. The Kier molecular flexibility index (Phi) is 9.29. The van der Waals surface area contributed by atoms with E-state index in [0.717, 1.165) is 11.1 Å². The van der Waals surface area contributed by atoms with Gasteiger partial charge in [-0.3, -0.25) is 9.59 Å². The molecule has 0 spiro atoms. The van der Waals surface area contributed by atoms with E-state index in [1.807, 2.05) is 60.7 Å². The van der Waals surface area contributed by atoms with Gasteiger partial charge in [-0.25, -0.2) is 4.99 Å². The van der Waals surface area contributed by atoms with Crippen molar-refractivity contribution in [1.82, 2.24) is 0 Å². The van der Waals surface area contributed by atoms with E-state index in [1.165, 1.54) is 0 Å². The number of Topliss-reactive ketones (excluding diaryl/α,β-unsaturated/α-hetero) is 2. The van der Waals surface area contributed by atoms with Crippen LogP contribution in [0.5, 0.6) is 0 Å². The number of guanidine groups is 1. The topological polar surface area (TPSA) is 177 Å². The quantitative estimate of drug-likeness (QED) is 0.0624. The summed E-state index contributed by atoms with van der Waals surface area (Å²) < 4.78 is 0. The molecule has 0 aliphatic carbocycles. The number of benzene rings is 4. The molecule has 0 saturated carbocycles. The second-order valence-corrected chi connectivity index (χ2v) is 9.80. The molecule has 4 rings (SSSR count). The number of hydrogen-bond acceptors (Lipinski definition) is 6. The van der Waals surface area contributed by atoms with Crippen molar-refractivity contribution in [1.29, 1.82) is 0 Å². The number of hydrogen-bond donors (Lipinski definition) is 5. The number of anilines is 2. The molecule has 0 radical (unpaired) electrons. The van der Waals surface area contributed by atoms with Gasteiger partial charge in [0.1, 0.15) is 6.04 Å². The van der Waals surface area contributed by atoms with Crippen LogP contribution in [0, 0.1) is 0 Å². The average molecular weight is 547 g/mol. The lowest BCUT2D eigenvalue weighted by Gasteiger charge is -2.13. The molecule has 41 heavy (non-hydrogen) atoms. The predicted octanol–water partition coefficient (Wildman–Crippen LogP) is 3.84. The molecular weight excluding hydrogens is 512 g/mol. The number of carbonyl (C=O) groups is 2. The first-order valence-corrected chi connectivity index (χ1v) is 13.2. The van der Waals surface area contributed by atoms with Gasteiger partial charge in [0.25, 0.3) is 0 Å². The summed E-state index contributed by atoms with van der Waals surface area (Å²) in [4.78, 5) is 30.3. The Morgan fingerprint density at radius 1 is 0.659 bits per heavy atom. The maximum Gasteiger partial charge on any atom is 0.187 e. The highest BCUT2D eigenvalue weighted by Gasteiger charge is 2.21. The van der Waals surface area contributed by atoms with Gasteiger partial charge in [0.2, 0.25) is 0 Å². The smallest absolute Gasteiger partial charge is 0.187 e. The fourth-order valence-electron chi connectivity index (χ4n) is 4.52. The van der Waals surface area contributed by atoms with Crippen LogP contribution in [0.2, 0.25) is 0 Å². The molecule has 0 aliphatic heterocycles. The van der Waals surface area contributed by atoms with E-state index in [9.17, 15) is 9.59 Å². The third-order valence-corrected chi connectivity index (χ3v) is 6.70. The summed E-state index contributed by atoms with van der Waals surface area (Å²) in [5.41, 5.74) is 35.0. The van der Waals surface area contributed by atoms with Gasteiger partial charge in [-0.1, -0.05) is 97.1 Å². The van der Waals surface area contributed by atoms with Crippen LogP contribution in [-0.2, 0) is 12.8 Å². The SMILES string of the molecule is NC(N)=NC(Cc1ccccc1)C(=O)c1ccc(/C=C/c2ccc(C(=O)C(N)Cc3ccccc3)cc2N)c(N)c1. The summed E-state index contributed by atoms with van der Waals surface area (Å²) in [6.45, 7) is 0. The first-order valence-electron chi connectivity index (χ1n) is 13.2. The molecule has 10 N–H and O–H groups in total. The monoisotopic (exact) mass is 546 g/mol. The van der Waals surface area contributed by atoms with Crippen molar-refractivity contribution < 1.29 is 9.59 Å². The highest BCUT2D eigenvalue weighted by Crippen LogP contribution is 2.23. The van der Waals surface area contributed by atoms with Crippen LogP contribution in [-0.4, -0.2) is 29.6 Å². The van der Waals surface area contributed by atoms with E-state index >= 15 is 0 Å². The minimum atomic E-state index is -0.773. The van der Waals surface area contributed by atoms with Crippen LogP contribution in [0.25, 0.3) is 12.2 Å². The highest BCUT2D eigenvalue weighted by atomic mass is 16.1. The third kappa shape index (κ3) is 7.68. The van der Waals surface area contributed by atoms with E-state index in [0.29, 0.717) is 46.5 Å². The number of ketones is 2. The van der Waals surface area contributed by atoms with Crippen molar-refractivity contribution in [3.05, 3.63) is 130 Å². The van der Waals surface area contributed by atoms with Gasteiger partial charge < -0.3 is 28.7 Å². The number of nitrogens with zero attached hydrogens (tertiary/aromatic N) is 1. The van der Waals surface area contributed by atoms with Crippen LogP contribution in [0.4, 0.5) is 11.4 Å². The average Bonchev–Trinajstić information content (AvgIpc) is 2.96. The Morgan fingerprint density at radius 3 is 1.59 bits per heavy atom. The molecule has 0 aliphatic rings. The molecule has 0 saturated heterocycles. The summed E-state index contributed by atoms with van der Waals surface area (Å²) in [5.74, 6) is -0.568. The minimum Gasteiger partial charge on any atom is -0.398 e. The normalized spacial score (nSPS) is 12.5. The zero-order valence-electron chi connectivity index (χ0n) is 22.6. The second-order valence-electron chi connectivity index (χ2n) is 9.80. The Bertz CT molecular complexity index is 1580. The number of aliphatic imine (C=N–C) groups is 1. The molecule has 0 aromatic heterocycles. The van der Waals surface area contributed by atoms with Gasteiger partial charge in [-0.05, 0) is 40.8 Å². The van der Waals surface area contributed by atoms with E-state index in [1.54, 1.807) is 48.6 Å². The van der Waals surface area contributed by atoms with Crippen molar-refractivity contribution in [2.24, 2.45) is 22.2 Å².